The van der Waals surface area contributed by atoms with Crippen molar-refractivity contribution in [3.8, 4) is 0 Å². The number of hydrogen-bond donors (Lipinski definition) is 1. The van der Waals surface area contributed by atoms with Crippen LogP contribution < -0.4 is 5.32 Å². The second-order valence-corrected chi connectivity index (χ2v) is 8.34. The number of hydrogen-bond acceptors (Lipinski definition) is 5. The van der Waals surface area contributed by atoms with Gasteiger partial charge >= 0.3 is 0 Å². The molecule has 0 radical (unpaired) electrons. The summed E-state index contributed by atoms with van der Waals surface area (Å²) in [7, 11) is -0.872. The number of amides is 1. The van der Waals surface area contributed by atoms with Gasteiger partial charge in [-0.15, -0.1) is 0 Å². The molecule has 20 heavy (non-hydrogen) atoms. The van der Waals surface area contributed by atoms with Gasteiger partial charge in [0.25, 0.3) is 0 Å². The summed E-state index contributed by atoms with van der Waals surface area (Å²) in [4.78, 5) is 16.7. The third kappa shape index (κ3) is 4.43. The molecule has 1 N–H and O–H groups in total. The number of nitrogens with one attached hydrogen (secondary N) is 1. The van der Waals surface area contributed by atoms with E-state index in [0.29, 0.717) is 6.42 Å². The molecule has 1 amide bonds. The molecule has 2 rings (SSSR count). The molecular weight excluding hydrogens is 278 g/mol. The zero-order valence-electron chi connectivity index (χ0n) is 12.3. The first-order chi connectivity index (χ1) is 9.35. The van der Waals surface area contributed by atoms with Crippen LogP contribution in [0.25, 0.3) is 0 Å². The molecule has 0 unspecified atom stereocenters. The molecule has 2 aliphatic rings. The minimum atomic E-state index is -2.99. The Balaban J connectivity index is 1.74. The van der Waals surface area contributed by atoms with Crippen molar-refractivity contribution in [3.63, 3.8) is 0 Å². The highest BCUT2D eigenvalue weighted by atomic mass is 32.2. The van der Waals surface area contributed by atoms with Gasteiger partial charge in [-0.2, -0.15) is 0 Å². The van der Waals surface area contributed by atoms with Crippen molar-refractivity contribution in [1.29, 1.82) is 0 Å². The molecule has 0 saturated carbocycles. The van der Waals surface area contributed by atoms with Crippen molar-refractivity contribution in [1.82, 2.24) is 15.1 Å². The lowest BCUT2D eigenvalue weighted by Crippen LogP contribution is -2.50. The van der Waals surface area contributed by atoms with Crippen LogP contribution in [0.15, 0.2) is 0 Å². The number of carbonyl (C=O) groups excluding carboxylic acids is 1. The van der Waals surface area contributed by atoms with E-state index in [1.807, 2.05) is 6.92 Å². The molecule has 0 aromatic rings. The van der Waals surface area contributed by atoms with Crippen LogP contribution in [0.1, 0.15) is 13.3 Å². The van der Waals surface area contributed by atoms with E-state index in [4.69, 9.17) is 0 Å². The molecule has 2 fully saturated rings. The molecule has 116 valence electrons. The Morgan fingerprint density at radius 3 is 2.50 bits per heavy atom. The van der Waals surface area contributed by atoms with Crippen molar-refractivity contribution < 1.29 is 13.2 Å². The Kier molecular flexibility index (Phi) is 5.04. The van der Waals surface area contributed by atoms with Crippen molar-refractivity contribution in [2.45, 2.75) is 19.4 Å². The molecule has 0 bridgehead atoms. The largest absolute Gasteiger partial charge is 0.352 e. The van der Waals surface area contributed by atoms with E-state index in [1.165, 1.54) is 0 Å². The number of carbonyl (C=O) groups is 1. The summed E-state index contributed by atoms with van der Waals surface area (Å²) < 4.78 is 22.8. The molecule has 0 aliphatic carbocycles. The summed E-state index contributed by atoms with van der Waals surface area (Å²) in [5.41, 5.74) is 0. The summed E-state index contributed by atoms with van der Waals surface area (Å²) in [6.07, 6.45) is 0.468. The van der Waals surface area contributed by atoms with Gasteiger partial charge in [0.05, 0.1) is 17.4 Å². The summed E-state index contributed by atoms with van der Waals surface area (Å²) in [5.74, 6) is -0.291. The fraction of sp³-hybridized carbons (Fsp3) is 0.923. The van der Waals surface area contributed by atoms with Crippen LogP contribution in [0.3, 0.4) is 0 Å². The van der Waals surface area contributed by atoms with E-state index in [9.17, 15) is 13.2 Å². The van der Waals surface area contributed by atoms with Gasteiger partial charge in [0, 0.05) is 38.8 Å². The summed E-state index contributed by atoms with van der Waals surface area (Å²) >= 11 is 0. The van der Waals surface area contributed by atoms with Crippen molar-refractivity contribution >= 4 is 15.7 Å². The van der Waals surface area contributed by atoms with Crippen LogP contribution in [-0.2, 0) is 14.6 Å². The number of rotatable bonds is 4. The first kappa shape index (κ1) is 15.7. The highest BCUT2D eigenvalue weighted by molar-refractivity contribution is 7.91. The van der Waals surface area contributed by atoms with E-state index < -0.39 is 9.84 Å². The molecule has 6 nitrogen and oxygen atoms in total. The second-order valence-electron chi connectivity index (χ2n) is 6.11. The predicted octanol–water partition coefficient (Wildman–Crippen LogP) is -0.827. The average molecular weight is 303 g/mol. The van der Waals surface area contributed by atoms with Crippen LogP contribution >= 0.6 is 0 Å². The smallest absolute Gasteiger partial charge is 0.224 e. The highest BCUT2D eigenvalue weighted by Gasteiger charge is 2.33. The molecular formula is C13H25N3O3S. The van der Waals surface area contributed by atoms with Crippen LogP contribution in [0.5, 0.6) is 0 Å². The Hall–Kier alpha value is -0.660. The van der Waals surface area contributed by atoms with E-state index in [2.05, 4.69) is 22.2 Å². The number of sulfone groups is 1. The average Bonchev–Trinajstić information content (AvgIpc) is 2.73. The molecule has 2 atom stereocenters. The monoisotopic (exact) mass is 303 g/mol. The lowest BCUT2D eigenvalue weighted by molar-refractivity contribution is -0.125. The second kappa shape index (κ2) is 6.41. The van der Waals surface area contributed by atoms with Gasteiger partial charge in [-0.25, -0.2) is 8.42 Å². The number of likely N-dealkylation sites (N-methyl/N-ethyl adjacent to an activating group) is 1. The van der Waals surface area contributed by atoms with Gasteiger partial charge in [0.15, 0.2) is 9.84 Å². The number of nitrogens with zero attached hydrogens (tertiary/aromatic N) is 2. The Bertz CT molecular complexity index is 444. The minimum absolute atomic E-state index is 0.0140. The molecule has 0 aromatic carbocycles. The maximum absolute atomic E-state index is 12.0. The third-order valence-corrected chi connectivity index (χ3v) is 5.89. The van der Waals surface area contributed by atoms with Gasteiger partial charge in [-0.1, -0.05) is 0 Å². The van der Waals surface area contributed by atoms with Crippen LogP contribution in [-0.4, -0.2) is 81.4 Å². The molecule has 0 aromatic heterocycles. The maximum atomic E-state index is 12.0. The fourth-order valence-corrected chi connectivity index (χ4v) is 4.57. The van der Waals surface area contributed by atoms with Crippen molar-refractivity contribution in [3.05, 3.63) is 0 Å². The molecule has 2 heterocycles. The topological polar surface area (TPSA) is 69.7 Å². The molecule has 7 heteroatoms. The normalized spacial score (nSPS) is 29.2. The van der Waals surface area contributed by atoms with E-state index in [1.54, 1.807) is 0 Å². The van der Waals surface area contributed by atoms with Crippen LogP contribution in [0.2, 0.25) is 0 Å². The summed E-state index contributed by atoms with van der Waals surface area (Å²) in [5, 5.41) is 2.96. The Morgan fingerprint density at radius 1 is 1.30 bits per heavy atom. The van der Waals surface area contributed by atoms with E-state index in [-0.39, 0.29) is 29.4 Å². The highest BCUT2D eigenvalue weighted by Crippen LogP contribution is 2.18. The maximum Gasteiger partial charge on any atom is 0.224 e. The van der Waals surface area contributed by atoms with Crippen LogP contribution in [0.4, 0.5) is 0 Å². The van der Waals surface area contributed by atoms with Gasteiger partial charge in [0.1, 0.15) is 0 Å². The fourth-order valence-electron chi connectivity index (χ4n) is 2.83. The molecule has 2 aliphatic heterocycles. The first-order valence-corrected chi connectivity index (χ1v) is 9.09. The lowest BCUT2D eigenvalue weighted by Gasteiger charge is -2.34. The van der Waals surface area contributed by atoms with Crippen molar-refractivity contribution in [2.24, 2.45) is 5.92 Å². The van der Waals surface area contributed by atoms with Gasteiger partial charge in [-0.05, 0) is 20.4 Å². The third-order valence-electron chi connectivity index (χ3n) is 4.12. The summed E-state index contributed by atoms with van der Waals surface area (Å²) in [6, 6.07) is 0.0641. The molecule has 0 spiro atoms. The zero-order valence-corrected chi connectivity index (χ0v) is 13.2. The van der Waals surface area contributed by atoms with Gasteiger partial charge in [-0.3, -0.25) is 9.69 Å². The standard InChI is InChI=1S/C13H25N3O3S/c1-11(9-16-6-4-15(2)5-7-16)14-13(17)12-3-8-20(18,19)10-12/h11-12H,3-10H2,1-2H3,(H,14,17)/t11-,12-/m1/s1. The first-order valence-electron chi connectivity index (χ1n) is 7.27. The quantitative estimate of drug-likeness (QED) is 0.734. The van der Waals surface area contributed by atoms with Gasteiger partial charge < -0.3 is 10.2 Å². The lowest BCUT2D eigenvalue weighted by atomic mass is 10.1. The van der Waals surface area contributed by atoms with E-state index >= 15 is 0 Å². The van der Waals surface area contributed by atoms with Gasteiger partial charge in [0.2, 0.25) is 5.91 Å². The predicted molar refractivity (Wildman–Crippen MR) is 78.3 cm³/mol. The molecule has 2 saturated heterocycles. The van der Waals surface area contributed by atoms with Crippen molar-refractivity contribution in [2.75, 3.05) is 51.3 Å². The SMILES string of the molecule is C[C@H](CN1CCN(C)CC1)NC(=O)[C@@H]1CCS(=O)(=O)C1. The zero-order chi connectivity index (χ0) is 14.8. The van der Waals surface area contributed by atoms with Crippen LogP contribution in [0, 0.1) is 5.92 Å². The number of piperazine rings is 1. The Labute approximate surface area is 121 Å². The summed E-state index contributed by atoms with van der Waals surface area (Å²) in [6.45, 7) is 6.98. The Morgan fingerprint density at radius 2 is 1.95 bits per heavy atom. The minimum Gasteiger partial charge on any atom is -0.352 e. The van der Waals surface area contributed by atoms with E-state index in [0.717, 1.165) is 32.7 Å².